The first kappa shape index (κ1) is 38.3. The summed E-state index contributed by atoms with van der Waals surface area (Å²) < 4.78 is 13.2. The molecule has 56 heavy (non-hydrogen) atoms. The van der Waals surface area contributed by atoms with Crippen LogP contribution >= 0.6 is 0 Å². The molecular weight excluding hydrogens is 730 g/mol. The summed E-state index contributed by atoms with van der Waals surface area (Å²) in [5.41, 5.74) is 0.0716. The molecule has 8 N–H and O–H groups in total. The largest absolute Gasteiger partial charge is 0.831 e. The second-order valence-electron chi connectivity index (χ2n) is 15.7. The van der Waals surface area contributed by atoms with Gasteiger partial charge in [0.25, 0.3) is 0 Å². The average Bonchev–Trinajstić information content (AvgIpc) is 4.00. The lowest BCUT2D eigenvalue weighted by Gasteiger charge is -2.43. The fourth-order valence-electron chi connectivity index (χ4n) is 8.55. The molecule has 1 aromatic carbocycles. The zero-order valence-corrected chi connectivity index (χ0v) is 30.9. The first-order valence-electron chi connectivity index (χ1n) is 18.8. The third-order valence-electron chi connectivity index (χ3n) is 11.8. The monoisotopic (exact) mass is 776 g/mol. The highest BCUT2D eigenvalue weighted by Gasteiger charge is 2.52. The Bertz CT molecular complexity index is 2180. The number of carbonyl (C=O) groups is 1. The van der Waals surface area contributed by atoms with Crippen molar-refractivity contribution < 1.29 is 64.2 Å². The Labute approximate surface area is 320 Å². The van der Waals surface area contributed by atoms with Crippen molar-refractivity contribution in [3.8, 4) is 5.75 Å². The smallest absolute Gasteiger partial charge is 0.222 e. The van der Waals surface area contributed by atoms with E-state index in [0.29, 0.717) is 71.8 Å². The number of amides is 1. The van der Waals surface area contributed by atoms with Gasteiger partial charge < -0.3 is 50.0 Å². The lowest BCUT2D eigenvalue weighted by molar-refractivity contribution is -0.920. The number of aliphatic hydroxyl groups excluding tert-OH is 4. The first-order chi connectivity index (χ1) is 26.8. The third-order valence-corrected chi connectivity index (χ3v) is 11.8. The molecule has 0 radical (unpaired) electrons. The predicted octanol–water partition coefficient (Wildman–Crippen LogP) is -3.35. The van der Waals surface area contributed by atoms with Crippen molar-refractivity contribution in [2.24, 2.45) is 15.9 Å². The molecule has 8 rings (SSSR count). The predicted molar refractivity (Wildman–Crippen MR) is 196 cm³/mol. The van der Waals surface area contributed by atoms with Crippen LogP contribution in [0.25, 0.3) is 11.0 Å². The number of nitrogens with zero attached hydrogens (tertiary/aromatic N) is 2. The maximum absolute atomic E-state index is 13.4. The van der Waals surface area contributed by atoms with Gasteiger partial charge in [-0.2, -0.15) is 0 Å². The number of carbonyl (C=O) groups excluding carboxylic acids is 1. The van der Waals surface area contributed by atoms with E-state index in [1.807, 2.05) is 19.2 Å². The molecule has 17 heteroatoms. The quantitative estimate of drug-likeness (QED) is 0.0694. The van der Waals surface area contributed by atoms with Gasteiger partial charge >= 0.3 is 0 Å². The number of rotatable bonds is 14. The normalized spacial score (nSPS) is 30.1. The van der Waals surface area contributed by atoms with Crippen LogP contribution in [0.5, 0.6) is 5.75 Å². The van der Waals surface area contributed by atoms with E-state index in [1.54, 1.807) is 25.3 Å². The van der Waals surface area contributed by atoms with Crippen LogP contribution in [0.2, 0.25) is 0 Å². The molecule has 1 saturated heterocycles. The molecule has 0 spiro atoms. The standard InChI is InChI=1S/C39H45N5O12/c1-20-9-28(46)24-11-23-12-31(56-53-18-30(48)39(52,37(51)29(47)17-45)19-44-27-5-8-40-25(27)13-33(44)50)38(2,6-3-21-10-32(49)42-14-21)55-35(23)34(36(24)54-20)43-15-22-4-7-41-26(22)16-43/h4-5,7-9,11,13,15,21,27,29-31,37,45,47-48,50-52H,3,6,10,12,14,16-19H2,1-2H3,(H,42,49)/p+1/t21-,27?,29-,30+,31-,37-,38-,39-/m1/s1. The summed E-state index contributed by atoms with van der Waals surface area (Å²) in [7, 11) is 0. The Hall–Kier alpha value is -4.56. The Morgan fingerprint density at radius 1 is 1.18 bits per heavy atom. The molecule has 17 nitrogen and oxygen atoms in total. The molecule has 1 amide bonds. The zero-order valence-electron chi connectivity index (χ0n) is 30.9. The molecule has 0 aliphatic carbocycles. The molecule has 10 atom stereocenters. The number of ether oxygens (including phenoxy) is 1. The third kappa shape index (κ3) is 6.82. The Morgan fingerprint density at radius 2 is 2.00 bits per heavy atom. The van der Waals surface area contributed by atoms with Gasteiger partial charge in [0.15, 0.2) is 22.8 Å². The van der Waals surface area contributed by atoms with E-state index >= 15 is 0 Å². The van der Waals surface area contributed by atoms with E-state index in [-0.39, 0.29) is 28.6 Å². The fraction of sp³-hybridized carbons (Fsp3) is 0.487. The van der Waals surface area contributed by atoms with Gasteiger partial charge in [0.2, 0.25) is 17.2 Å². The number of aliphatic imine (C=N–C) groups is 2. The minimum atomic E-state index is -2.57. The minimum Gasteiger partial charge on any atom is -0.831 e. The number of fused-ring (bicyclic) bond motifs is 4. The lowest BCUT2D eigenvalue weighted by atomic mass is 9.83. The van der Waals surface area contributed by atoms with Crippen molar-refractivity contribution in [3.05, 3.63) is 82.0 Å². The highest BCUT2D eigenvalue weighted by molar-refractivity contribution is 6.07. The van der Waals surface area contributed by atoms with Gasteiger partial charge in [-0.05, 0) is 50.8 Å². The summed E-state index contributed by atoms with van der Waals surface area (Å²) in [5, 5.41) is 70.4. The van der Waals surface area contributed by atoms with Crippen LogP contribution in [-0.4, -0.2) is 117 Å². The van der Waals surface area contributed by atoms with E-state index in [9.17, 15) is 40.2 Å². The van der Waals surface area contributed by atoms with Crippen molar-refractivity contribution in [2.45, 2.75) is 81.2 Å². The average molecular weight is 777 g/mol. The first-order valence-corrected chi connectivity index (χ1v) is 18.8. The van der Waals surface area contributed by atoms with Gasteiger partial charge in [-0.3, -0.25) is 24.5 Å². The van der Waals surface area contributed by atoms with Crippen molar-refractivity contribution >= 4 is 34.0 Å². The second-order valence-corrected chi connectivity index (χ2v) is 15.7. The van der Waals surface area contributed by atoms with E-state index in [0.717, 1.165) is 16.2 Å². The second kappa shape index (κ2) is 14.7. The van der Waals surface area contributed by atoms with Gasteiger partial charge in [0, 0.05) is 49.5 Å². The Kier molecular flexibility index (Phi) is 10.1. The number of quaternary nitrogens is 2. The molecule has 6 aliphatic rings. The fourth-order valence-corrected chi connectivity index (χ4v) is 8.55. The number of allylic oxidation sites excluding steroid dienone is 1. The van der Waals surface area contributed by atoms with Crippen molar-refractivity contribution in [2.75, 3.05) is 32.8 Å². The number of aryl methyl sites for hydroxylation is 1. The van der Waals surface area contributed by atoms with Gasteiger partial charge in [0.1, 0.15) is 73.1 Å². The zero-order chi connectivity index (χ0) is 39.5. The van der Waals surface area contributed by atoms with Crippen molar-refractivity contribution in [1.82, 2.24) is 5.32 Å². The number of hydrogen-bond donors (Lipinski definition) is 8. The molecule has 0 saturated carbocycles. The number of benzene rings is 1. The van der Waals surface area contributed by atoms with Gasteiger partial charge in [-0.25, -0.2) is 9.78 Å². The Balaban J connectivity index is 1.09. The summed E-state index contributed by atoms with van der Waals surface area (Å²) in [5.74, 6) is 0.521. The Morgan fingerprint density at radius 3 is 2.75 bits per heavy atom. The molecule has 2 aromatic rings. The van der Waals surface area contributed by atoms with Crippen LogP contribution < -0.4 is 30.4 Å². The van der Waals surface area contributed by atoms with E-state index in [4.69, 9.17) is 18.9 Å². The molecule has 3 unspecified atom stereocenters. The van der Waals surface area contributed by atoms with Gasteiger partial charge in [0.05, 0.1) is 23.4 Å². The van der Waals surface area contributed by atoms with Crippen molar-refractivity contribution in [3.63, 3.8) is 0 Å². The van der Waals surface area contributed by atoms with Crippen LogP contribution in [-0.2, 0) is 21.0 Å². The van der Waals surface area contributed by atoms with E-state index in [2.05, 4.69) is 15.3 Å². The summed E-state index contributed by atoms with van der Waals surface area (Å²) in [6, 6.07) is 2.58. The molecule has 1 fully saturated rings. The summed E-state index contributed by atoms with van der Waals surface area (Å²) in [6.07, 6.45) is 4.92. The summed E-state index contributed by atoms with van der Waals surface area (Å²) >= 11 is 0. The topological polar surface area (TPSA) is 245 Å². The summed E-state index contributed by atoms with van der Waals surface area (Å²) in [6.45, 7) is 2.35. The minimum absolute atomic E-state index is 0.0312. The number of nitrogens with one attached hydrogen (secondary N) is 3. The van der Waals surface area contributed by atoms with E-state index < -0.39 is 67.3 Å². The molecule has 7 heterocycles. The van der Waals surface area contributed by atoms with Crippen LogP contribution in [0, 0.1) is 12.8 Å². The van der Waals surface area contributed by atoms with Crippen LogP contribution in [0.3, 0.4) is 0 Å². The highest BCUT2D eigenvalue weighted by Crippen LogP contribution is 2.45. The maximum Gasteiger partial charge on any atom is 0.222 e. The molecular formula is C39H46N5O12+. The van der Waals surface area contributed by atoms with Crippen LogP contribution in [0.1, 0.15) is 37.5 Å². The van der Waals surface area contributed by atoms with Crippen LogP contribution in [0.15, 0.2) is 79.6 Å². The molecule has 6 aliphatic heterocycles. The van der Waals surface area contributed by atoms with E-state index in [1.165, 1.54) is 18.3 Å². The van der Waals surface area contributed by atoms with Gasteiger partial charge in [-0.15, -0.1) is 0 Å². The highest BCUT2D eigenvalue weighted by atomic mass is 17.2. The lowest BCUT2D eigenvalue weighted by Crippen LogP contribution is -3.17. The molecule has 298 valence electrons. The number of aliphatic hydroxyl groups is 5. The maximum atomic E-state index is 13.4. The van der Waals surface area contributed by atoms with Crippen molar-refractivity contribution in [1.29, 1.82) is 0 Å². The SMILES string of the molecule is Cc1cc(=O)c2cc3c(c([NH+]4C=C5C=CN=C5C4)c2o1)O[C@](C)(CC[C@H]1CNC(=O)C1)[C@H](OOC[C@H](O)[C@](O)(C[NH+]1C([O-])=CC2=NC=CC21)[C@H](O)[C@H](O)CO)C3. The van der Waals surface area contributed by atoms with Crippen LogP contribution in [0.4, 0.5) is 5.69 Å². The molecule has 1 aromatic heterocycles. The molecule has 0 bridgehead atoms. The number of hydrogen-bond acceptors (Lipinski definition) is 14. The summed E-state index contributed by atoms with van der Waals surface area (Å²) in [4.78, 5) is 46.8. The van der Waals surface area contributed by atoms with Gasteiger partial charge in [-0.1, -0.05) is 0 Å².